The van der Waals surface area contributed by atoms with Gasteiger partial charge in [-0.05, 0) is 0 Å². The molecule has 0 saturated carbocycles. The molecule has 0 aromatic carbocycles. The van der Waals surface area contributed by atoms with Gasteiger partial charge in [-0.2, -0.15) is 0 Å². The molecule has 0 spiro atoms. The number of rotatable bonds is 41. The molecule has 0 heterocycles. The minimum Gasteiger partial charge on any atom is -0.481 e. The number of ether oxygens (including phenoxy) is 13. The van der Waals surface area contributed by atoms with Gasteiger partial charge in [-0.25, -0.2) is 0 Å². The lowest BCUT2D eigenvalue weighted by Gasteiger charge is -2.09. The first-order valence-corrected chi connectivity index (χ1v) is 15.6. The molecule has 0 aromatic rings. The zero-order chi connectivity index (χ0) is 32.6. The maximum atomic E-state index is 10.3. The summed E-state index contributed by atoms with van der Waals surface area (Å²) in [5, 5.41) is 11.5. The summed E-state index contributed by atoms with van der Waals surface area (Å²) in [4.78, 5) is 10.3. The van der Waals surface area contributed by atoms with Gasteiger partial charge in [0.2, 0.25) is 0 Å². The second-order valence-corrected chi connectivity index (χ2v) is 8.93. The molecule has 16 nitrogen and oxygen atoms in total. The van der Waals surface area contributed by atoms with Crippen molar-refractivity contribution in [3.8, 4) is 0 Å². The topological polar surface area (TPSA) is 169 Å². The summed E-state index contributed by atoms with van der Waals surface area (Å²) in [7, 11) is 1.64. The molecule has 0 bridgehead atoms. The van der Waals surface area contributed by atoms with Crippen molar-refractivity contribution in [1.29, 1.82) is 0 Å². The number of aliphatic carboxylic acids is 1. The highest BCUT2D eigenvalue weighted by Crippen LogP contribution is 1.88. The van der Waals surface area contributed by atoms with E-state index in [1.807, 2.05) is 0 Å². The molecule has 0 aliphatic rings. The minimum absolute atomic E-state index is 0.00268. The molecular weight excluding hydrogens is 602 g/mol. The van der Waals surface area contributed by atoms with E-state index in [1.54, 1.807) is 7.11 Å². The Morgan fingerprint density at radius 3 is 0.844 bits per heavy atom. The summed E-state index contributed by atoms with van der Waals surface area (Å²) < 4.78 is 69.7. The molecule has 2 N–H and O–H groups in total. The maximum Gasteiger partial charge on any atom is 0.305 e. The Kier molecular flexibility index (Phi) is 39.9. The summed E-state index contributed by atoms with van der Waals surface area (Å²) in [5.74, 6) is -0.875. The van der Waals surface area contributed by atoms with Crippen LogP contribution in [0.15, 0.2) is 0 Å². The van der Waals surface area contributed by atoms with E-state index in [0.29, 0.717) is 159 Å². The summed E-state index contributed by atoms with van der Waals surface area (Å²) in [6, 6.07) is 0. The molecule has 0 aliphatic heterocycles. The van der Waals surface area contributed by atoms with Gasteiger partial charge < -0.3 is 66.7 Å². The highest BCUT2D eigenvalue weighted by molar-refractivity contribution is 5.66. The lowest BCUT2D eigenvalue weighted by molar-refractivity contribution is -0.138. The lowest BCUT2D eigenvalue weighted by Crippen LogP contribution is -2.22. The highest BCUT2D eigenvalue weighted by Gasteiger charge is 1.98. The molecule has 0 radical (unpaired) electrons. The van der Waals surface area contributed by atoms with Gasteiger partial charge in [0.15, 0.2) is 0 Å². The monoisotopic (exact) mass is 661 g/mol. The Morgan fingerprint density at radius 1 is 0.400 bits per heavy atom. The van der Waals surface area contributed by atoms with Crippen LogP contribution in [-0.2, 0) is 66.4 Å². The van der Waals surface area contributed by atoms with E-state index in [0.717, 1.165) is 6.54 Å². The summed E-state index contributed by atoms with van der Waals surface area (Å²) in [6.07, 6.45) is -0.00268. The van der Waals surface area contributed by atoms with E-state index in [9.17, 15) is 4.79 Å². The quantitative estimate of drug-likeness (QED) is 0.0655. The first-order valence-electron chi connectivity index (χ1n) is 15.6. The van der Waals surface area contributed by atoms with Crippen LogP contribution in [-0.4, -0.2) is 190 Å². The van der Waals surface area contributed by atoms with Gasteiger partial charge in [0.05, 0.1) is 172 Å². The second-order valence-electron chi connectivity index (χ2n) is 8.93. The highest BCUT2D eigenvalue weighted by atomic mass is 16.6. The fraction of sp³-hybridized carbons (Fsp3) is 0.966. The van der Waals surface area contributed by atoms with Crippen LogP contribution >= 0.6 is 0 Å². The molecule has 0 aromatic heterocycles. The molecule has 45 heavy (non-hydrogen) atoms. The number of carboxylic acids is 1. The molecule has 16 heteroatoms. The average molecular weight is 662 g/mol. The molecule has 0 unspecified atom stereocenters. The SMILES string of the molecule is COCNCCOCCOCCOCCOCCOCCOCCOCCOCCOCCOCCOCCOCCC(=O)O. The zero-order valence-corrected chi connectivity index (χ0v) is 27.3. The molecule has 0 fully saturated rings. The molecule has 0 amide bonds. The first-order chi connectivity index (χ1) is 22.3. The predicted octanol–water partition coefficient (Wildman–Crippen LogP) is -0.146. The summed E-state index contributed by atoms with van der Waals surface area (Å²) >= 11 is 0. The van der Waals surface area contributed by atoms with E-state index in [2.05, 4.69) is 5.32 Å². The number of carbonyl (C=O) groups is 1. The largest absolute Gasteiger partial charge is 0.481 e. The van der Waals surface area contributed by atoms with Crippen LogP contribution in [0.5, 0.6) is 0 Å². The van der Waals surface area contributed by atoms with E-state index < -0.39 is 5.97 Å². The summed E-state index contributed by atoms with van der Waals surface area (Å²) in [6.45, 7) is 12.8. The Balaban J connectivity index is 3.04. The third kappa shape index (κ3) is 42.9. The Bertz CT molecular complexity index is 566. The first kappa shape index (κ1) is 43.9. The van der Waals surface area contributed by atoms with Crippen LogP contribution < -0.4 is 5.32 Å². The van der Waals surface area contributed by atoms with Crippen molar-refractivity contribution in [3.05, 3.63) is 0 Å². The normalized spacial score (nSPS) is 11.5. The van der Waals surface area contributed by atoms with Crippen LogP contribution in [0.1, 0.15) is 6.42 Å². The van der Waals surface area contributed by atoms with Crippen molar-refractivity contribution in [2.75, 3.05) is 179 Å². The van der Waals surface area contributed by atoms with Gasteiger partial charge in [0.25, 0.3) is 0 Å². The number of hydrogen-bond donors (Lipinski definition) is 2. The Morgan fingerprint density at radius 2 is 0.622 bits per heavy atom. The van der Waals surface area contributed by atoms with Gasteiger partial charge in [-0.1, -0.05) is 0 Å². The van der Waals surface area contributed by atoms with E-state index in [4.69, 9.17) is 66.7 Å². The van der Waals surface area contributed by atoms with Crippen LogP contribution in [0.3, 0.4) is 0 Å². The van der Waals surface area contributed by atoms with Crippen LogP contribution in [0.2, 0.25) is 0 Å². The van der Waals surface area contributed by atoms with Crippen molar-refractivity contribution < 1.29 is 71.5 Å². The van der Waals surface area contributed by atoms with Crippen molar-refractivity contribution in [3.63, 3.8) is 0 Å². The maximum absolute atomic E-state index is 10.3. The van der Waals surface area contributed by atoms with Gasteiger partial charge in [0.1, 0.15) is 0 Å². The third-order valence-electron chi connectivity index (χ3n) is 5.22. The fourth-order valence-electron chi connectivity index (χ4n) is 3.00. The zero-order valence-electron chi connectivity index (χ0n) is 27.3. The smallest absolute Gasteiger partial charge is 0.305 e. The Labute approximate surface area is 268 Å². The van der Waals surface area contributed by atoms with Gasteiger partial charge in [-0.3, -0.25) is 10.1 Å². The van der Waals surface area contributed by atoms with Gasteiger partial charge in [0, 0.05) is 13.7 Å². The summed E-state index contributed by atoms with van der Waals surface area (Å²) in [5.41, 5.74) is 0. The van der Waals surface area contributed by atoms with Crippen LogP contribution in [0, 0.1) is 0 Å². The molecular formula is C29H59NO15. The van der Waals surface area contributed by atoms with Gasteiger partial charge >= 0.3 is 5.97 Å². The van der Waals surface area contributed by atoms with E-state index >= 15 is 0 Å². The number of nitrogens with one attached hydrogen (secondary N) is 1. The molecule has 270 valence electrons. The number of methoxy groups -OCH3 is 1. The minimum atomic E-state index is -0.875. The van der Waals surface area contributed by atoms with Crippen LogP contribution in [0.25, 0.3) is 0 Å². The Hall–Kier alpha value is -1.09. The fourth-order valence-corrected chi connectivity index (χ4v) is 3.00. The molecule has 0 rings (SSSR count). The lowest BCUT2D eigenvalue weighted by atomic mass is 10.5. The molecule has 0 aliphatic carbocycles. The van der Waals surface area contributed by atoms with Gasteiger partial charge in [-0.15, -0.1) is 0 Å². The molecule has 0 atom stereocenters. The van der Waals surface area contributed by atoms with Crippen molar-refractivity contribution in [2.24, 2.45) is 0 Å². The number of carboxylic acid groups (broad SMARTS) is 1. The van der Waals surface area contributed by atoms with Crippen molar-refractivity contribution >= 4 is 5.97 Å². The average Bonchev–Trinajstić information content (AvgIpc) is 3.03. The number of hydrogen-bond acceptors (Lipinski definition) is 15. The van der Waals surface area contributed by atoms with E-state index in [-0.39, 0.29) is 13.0 Å². The molecule has 0 saturated heterocycles. The van der Waals surface area contributed by atoms with Crippen molar-refractivity contribution in [1.82, 2.24) is 5.32 Å². The third-order valence-corrected chi connectivity index (χ3v) is 5.22. The van der Waals surface area contributed by atoms with Crippen LogP contribution in [0.4, 0.5) is 0 Å². The standard InChI is InChI=1S/C29H59NO15/c1-33-28-30-3-5-35-7-9-37-11-13-39-15-17-41-19-21-43-23-25-45-27-26-44-24-22-42-20-18-40-16-14-38-12-10-36-8-6-34-4-2-29(31)32/h30H,2-28H2,1H3,(H,31,32). The second kappa shape index (κ2) is 40.9. The van der Waals surface area contributed by atoms with E-state index in [1.165, 1.54) is 0 Å². The van der Waals surface area contributed by atoms with Crippen molar-refractivity contribution in [2.45, 2.75) is 6.42 Å². The predicted molar refractivity (Wildman–Crippen MR) is 162 cm³/mol.